The van der Waals surface area contributed by atoms with Crippen LogP contribution in [0.2, 0.25) is 0 Å². The Bertz CT molecular complexity index is 150. The van der Waals surface area contributed by atoms with E-state index in [4.69, 9.17) is 0 Å². The van der Waals surface area contributed by atoms with Crippen LogP contribution in [0.5, 0.6) is 0 Å². The lowest BCUT2D eigenvalue weighted by atomic mass is 10.3. The normalized spacial score (nSPS) is 9.89. The van der Waals surface area contributed by atoms with E-state index in [2.05, 4.69) is 33.3 Å². The Morgan fingerprint density at radius 1 is 1.56 bits per heavy atom. The molecule has 4 nitrogen and oxygen atoms in total. The SMILES string of the molecule is SCCCc1nn[nH]n1. The van der Waals surface area contributed by atoms with E-state index in [0.29, 0.717) is 0 Å². The number of nitrogens with zero attached hydrogens (tertiary/aromatic N) is 3. The van der Waals surface area contributed by atoms with E-state index in [0.717, 1.165) is 24.4 Å². The van der Waals surface area contributed by atoms with Gasteiger partial charge in [0.05, 0.1) is 0 Å². The number of aryl methyl sites for hydroxylation is 1. The van der Waals surface area contributed by atoms with Gasteiger partial charge >= 0.3 is 0 Å². The minimum Gasteiger partial charge on any atom is -0.179 e. The van der Waals surface area contributed by atoms with Crippen molar-refractivity contribution in [1.82, 2.24) is 20.6 Å². The maximum Gasteiger partial charge on any atom is 0.174 e. The number of tetrazole rings is 1. The lowest BCUT2D eigenvalue weighted by Gasteiger charge is -1.86. The molecule has 0 aliphatic rings. The van der Waals surface area contributed by atoms with Crippen molar-refractivity contribution >= 4 is 12.6 Å². The molecule has 0 aliphatic carbocycles. The Labute approximate surface area is 58.5 Å². The molecule has 50 valence electrons. The molecular formula is C4H8N4S. The minimum atomic E-state index is 0.768. The van der Waals surface area contributed by atoms with Crippen LogP contribution in [0.3, 0.4) is 0 Å². The molecule has 1 N–H and O–H groups in total. The molecule has 0 radical (unpaired) electrons. The Morgan fingerprint density at radius 2 is 2.44 bits per heavy atom. The van der Waals surface area contributed by atoms with Gasteiger partial charge in [-0.15, -0.1) is 10.2 Å². The maximum atomic E-state index is 4.05. The van der Waals surface area contributed by atoms with Gasteiger partial charge in [0.2, 0.25) is 0 Å². The molecule has 0 atom stereocenters. The number of H-pyrrole nitrogens is 1. The number of hydrogen-bond acceptors (Lipinski definition) is 4. The van der Waals surface area contributed by atoms with E-state index in [9.17, 15) is 0 Å². The lowest BCUT2D eigenvalue weighted by molar-refractivity contribution is 0.848. The zero-order chi connectivity index (χ0) is 6.53. The van der Waals surface area contributed by atoms with E-state index >= 15 is 0 Å². The summed E-state index contributed by atoms with van der Waals surface area (Å²) in [4.78, 5) is 0. The van der Waals surface area contributed by atoms with Crippen molar-refractivity contribution in [2.24, 2.45) is 0 Å². The predicted octanol–water partition coefficient (Wildman–Crippen LogP) is 0.0621. The van der Waals surface area contributed by atoms with E-state index in [1.165, 1.54) is 0 Å². The number of nitrogens with one attached hydrogen (secondary N) is 1. The van der Waals surface area contributed by atoms with E-state index < -0.39 is 0 Å². The van der Waals surface area contributed by atoms with Gasteiger partial charge in [0.1, 0.15) is 0 Å². The fourth-order valence-corrected chi connectivity index (χ4v) is 0.684. The average molecular weight is 144 g/mol. The van der Waals surface area contributed by atoms with Crippen molar-refractivity contribution in [3.63, 3.8) is 0 Å². The number of hydrogen-bond donors (Lipinski definition) is 2. The summed E-state index contributed by atoms with van der Waals surface area (Å²) in [6, 6.07) is 0. The number of aromatic nitrogens is 4. The van der Waals surface area contributed by atoms with Gasteiger partial charge in [-0.1, -0.05) is 5.21 Å². The second kappa shape index (κ2) is 3.45. The zero-order valence-corrected chi connectivity index (χ0v) is 5.80. The third-order valence-corrected chi connectivity index (χ3v) is 1.26. The van der Waals surface area contributed by atoms with Crippen molar-refractivity contribution < 1.29 is 0 Å². The van der Waals surface area contributed by atoms with Crippen LogP contribution in [0.1, 0.15) is 12.2 Å². The van der Waals surface area contributed by atoms with Gasteiger partial charge in [0.25, 0.3) is 0 Å². The summed E-state index contributed by atoms with van der Waals surface area (Å²) in [6.07, 6.45) is 1.86. The maximum absolute atomic E-state index is 4.05. The highest BCUT2D eigenvalue weighted by molar-refractivity contribution is 7.80. The standard InChI is InChI=1S/C4H8N4S/c9-3-1-2-4-5-7-8-6-4/h9H,1-3H2,(H,5,6,7,8). The van der Waals surface area contributed by atoms with Gasteiger partial charge in [0, 0.05) is 6.42 Å². The van der Waals surface area contributed by atoms with Crippen molar-refractivity contribution in [2.75, 3.05) is 5.75 Å². The molecule has 0 saturated heterocycles. The van der Waals surface area contributed by atoms with E-state index in [-0.39, 0.29) is 0 Å². The van der Waals surface area contributed by atoms with Crippen LogP contribution >= 0.6 is 12.6 Å². The molecule has 1 aromatic heterocycles. The Kier molecular flexibility index (Phi) is 2.50. The first kappa shape index (κ1) is 6.54. The molecule has 1 rings (SSSR count). The number of aromatic amines is 1. The van der Waals surface area contributed by atoms with E-state index in [1.807, 2.05) is 0 Å². The fraction of sp³-hybridized carbons (Fsp3) is 0.750. The van der Waals surface area contributed by atoms with E-state index in [1.54, 1.807) is 0 Å². The summed E-state index contributed by atoms with van der Waals surface area (Å²) < 4.78 is 0. The second-order valence-corrected chi connectivity index (χ2v) is 2.10. The molecule has 1 heterocycles. The van der Waals surface area contributed by atoms with Crippen LogP contribution in [0.15, 0.2) is 0 Å². The molecule has 0 aliphatic heterocycles. The Morgan fingerprint density at radius 3 is 3.00 bits per heavy atom. The van der Waals surface area contributed by atoms with Crippen LogP contribution in [-0.4, -0.2) is 26.4 Å². The zero-order valence-electron chi connectivity index (χ0n) is 4.91. The quantitative estimate of drug-likeness (QED) is 0.590. The first-order chi connectivity index (χ1) is 4.43. The van der Waals surface area contributed by atoms with Crippen LogP contribution in [0, 0.1) is 0 Å². The summed E-state index contributed by atoms with van der Waals surface area (Å²) >= 11 is 4.05. The average Bonchev–Trinajstić information content (AvgIpc) is 2.34. The second-order valence-electron chi connectivity index (χ2n) is 1.66. The number of rotatable bonds is 3. The topological polar surface area (TPSA) is 54.5 Å². The van der Waals surface area contributed by atoms with Gasteiger partial charge in [-0.2, -0.15) is 17.8 Å². The molecule has 0 unspecified atom stereocenters. The number of thiol groups is 1. The van der Waals surface area contributed by atoms with Gasteiger partial charge in [0.15, 0.2) is 5.82 Å². The summed E-state index contributed by atoms with van der Waals surface area (Å²) in [5, 5.41) is 13.3. The summed E-state index contributed by atoms with van der Waals surface area (Å²) in [6.45, 7) is 0. The van der Waals surface area contributed by atoms with Crippen LogP contribution in [0.4, 0.5) is 0 Å². The molecule has 0 amide bonds. The summed E-state index contributed by atoms with van der Waals surface area (Å²) in [5.74, 6) is 1.64. The third-order valence-electron chi connectivity index (χ3n) is 0.948. The molecule has 0 saturated carbocycles. The Hall–Kier alpha value is -0.580. The molecule has 0 spiro atoms. The third kappa shape index (κ3) is 2.01. The molecule has 0 bridgehead atoms. The van der Waals surface area contributed by atoms with Crippen molar-refractivity contribution in [1.29, 1.82) is 0 Å². The minimum absolute atomic E-state index is 0.768. The van der Waals surface area contributed by atoms with Crippen LogP contribution < -0.4 is 0 Å². The first-order valence-electron chi connectivity index (χ1n) is 2.76. The molecular weight excluding hydrogens is 136 g/mol. The summed E-state index contributed by atoms with van der Waals surface area (Å²) in [7, 11) is 0. The van der Waals surface area contributed by atoms with Crippen LogP contribution in [0.25, 0.3) is 0 Å². The first-order valence-corrected chi connectivity index (χ1v) is 3.40. The molecule has 1 aromatic rings. The molecule has 0 aromatic carbocycles. The van der Waals surface area contributed by atoms with Crippen molar-refractivity contribution in [3.8, 4) is 0 Å². The largest absolute Gasteiger partial charge is 0.179 e. The highest BCUT2D eigenvalue weighted by atomic mass is 32.1. The van der Waals surface area contributed by atoms with Crippen molar-refractivity contribution in [2.45, 2.75) is 12.8 Å². The summed E-state index contributed by atoms with van der Waals surface area (Å²) in [5.41, 5.74) is 0. The highest BCUT2D eigenvalue weighted by Gasteiger charge is 1.94. The van der Waals surface area contributed by atoms with Crippen molar-refractivity contribution in [3.05, 3.63) is 5.82 Å². The van der Waals surface area contributed by atoms with Crippen LogP contribution in [-0.2, 0) is 6.42 Å². The Balaban J connectivity index is 2.30. The van der Waals surface area contributed by atoms with Gasteiger partial charge in [-0.05, 0) is 12.2 Å². The van der Waals surface area contributed by atoms with Gasteiger partial charge in [-0.3, -0.25) is 0 Å². The lowest BCUT2D eigenvalue weighted by Crippen LogP contribution is -1.88. The molecule has 0 fully saturated rings. The predicted molar refractivity (Wildman–Crippen MR) is 36.4 cm³/mol. The molecule has 5 heteroatoms. The molecule has 9 heavy (non-hydrogen) atoms. The fourth-order valence-electron chi connectivity index (χ4n) is 0.526. The van der Waals surface area contributed by atoms with Gasteiger partial charge in [-0.25, -0.2) is 0 Å². The smallest absolute Gasteiger partial charge is 0.174 e. The monoisotopic (exact) mass is 144 g/mol. The highest BCUT2D eigenvalue weighted by Crippen LogP contribution is 1.92. The van der Waals surface area contributed by atoms with Gasteiger partial charge < -0.3 is 0 Å².